The lowest BCUT2D eigenvalue weighted by Gasteiger charge is -2.15. The van der Waals surface area contributed by atoms with Gasteiger partial charge < -0.3 is 19.7 Å². The minimum Gasteiger partial charge on any atom is -0.507 e. The van der Waals surface area contributed by atoms with Crippen molar-refractivity contribution in [2.75, 3.05) is 6.61 Å². The fraction of sp³-hybridized carbons (Fsp3) is 0.235. The molecule has 8 heteroatoms. The summed E-state index contributed by atoms with van der Waals surface area (Å²) in [4.78, 5) is 11.6. The summed E-state index contributed by atoms with van der Waals surface area (Å²) in [5, 5.41) is 20.2. The standard InChI is InChI=1S/C17H15F3O5/c1-2-24-16(23)10-7-12(18)14(13(21)8-10)15(22)9-3-5-11(6-4-9)25-17(19)20/h3-8,15,17,21-22H,2H2,1H3. The summed E-state index contributed by atoms with van der Waals surface area (Å²) in [6.45, 7) is -1.33. The summed E-state index contributed by atoms with van der Waals surface area (Å²) in [7, 11) is 0. The average molecular weight is 356 g/mol. The zero-order valence-electron chi connectivity index (χ0n) is 13.1. The molecule has 0 bridgehead atoms. The largest absolute Gasteiger partial charge is 0.507 e. The zero-order valence-corrected chi connectivity index (χ0v) is 13.1. The third-order valence-electron chi connectivity index (χ3n) is 3.31. The number of hydrogen-bond acceptors (Lipinski definition) is 5. The first-order valence-electron chi connectivity index (χ1n) is 7.25. The van der Waals surface area contributed by atoms with Crippen LogP contribution in [-0.4, -0.2) is 29.4 Å². The van der Waals surface area contributed by atoms with Gasteiger partial charge in [0, 0.05) is 0 Å². The van der Waals surface area contributed by atoms with Gasteiger partial charge >= 0.3 is 12.6 Å². The van der Waals surface area contributed by atoms with E-state index in [1.807, 2.05) is 0 Å². The molecule has 2 rings (SSSR count). The van der Waals surface area contributed by atoms with Gasteiger partial charge in [-0.1, -0.05) is 12.1 Å². The van der Waals surface area contributed by atoms with E-state index in [1.165, 1.54) is 24.3 Å². The smallest absolute Gasteiger partial charge is 0.387 e. The lowest BCUT2D eigenvalue weighted by molar-refractivity contribution is -0.0498. The SMILES string of the molecule is CCOC(=O)c1cc(O)c(C(O)c2ccc(OC(F)F)cc2)c(F)c1. The number of rotatable bonds is 6. The van der Waals surface area contributed by atoms with Crippen molar-refractivity contribution in [3.63, 3.8) is 0 Å². The number of benzene rings is 2. The molecule has 2 N–H and O–H groups in total. The molecule has 0 aliphatic rings. The van der Waals surface area contributed by atoms with E-state index < -0.39 is 35.8 Å². The maximum Gasteiger partial charge on any atom is 0.387 e. The predicted molar refractivity (Wildman–Crippen MR) is 81.2 cm³/mol. The number of ether oxygens (including phenoxy) is 2. The topological polar surface area (TPSA) is 76.0 Å². The number of alkyl halides is 2. The molecule has 0 aromatic heterocycles. The number of phenolic OH excluding ortho intramolecular Hbond substituents is 1. The van der Waals surface area contributed by atoms with Gasteiger partial charge in [-0.25, -0.2) is 9.18 Å². The molecular formula is C17H15F3O5. The molecule has 0 aliphatic carbocycles. The Morgan fingerprint density at radius 1 is 1.20 bits per heavy atom. The lowest BCUT2D eigenvalue weighted by Crippen LogP contribution is -2.09. The second kappa shape index (κ2) is 7.89. The van der Waals surface area contributed by atoms with E-state index in [9.17, 15) is 28.2 Å². The molecule has 2 aromatic carbocycles. The summed E-state index contributed by atoms with van der Waals surface area (Å²) in [5.74, 6) is -2.59. The highest BCUT2D eigenvalue weighted by Crippen LogP contribution is 2.33. The van der Waals surface area contributed by atoms with Crippen molar-refractivity contribution >= 4 is 5.97 Å². The number of carbonyl (C=O) groups excluding carboxylic acids is 1. The Morgan fingerprint density at radius 2 is 1.84 bits per heavy atom. The summed E-state index contributed by atoms with van der Waals surface area (Å²) in [6.07, 6.45) is -1.57. The lowest BCUT2D eigenvalue weighted by atomic mass is 9.98. The summed E-state index contributed by atoms with van der Waals surface area (Å²) in [5.41, 5.74) is -0.510. The van der Waals surface area contributed by atoms with Crippen LogP contribution in [0.1, 0.15) is 34.5 Å². The van der Waals surface area contributed by atoms with Crippen molar-refractivity contribution in [2.45, 2.75) is 19.6 Å². The molecule has 0 aliphatic heterocycles. The van der Waals surface area contributed by atoms with E-state index in [2.05, 4.69) is 4.74 Å². The van der Waals surface area contributed by atoms with Crippen LogP contribution in [0.15, 0.2) is 36.4 Å². The number of phenols is 1. The van der Waals surface area contributed by atoms with E-state index >= 15 is 0 Å². The minimum absolute atomic E-state index is 0.0820. The van der Waals surface area contributed by atoms with Crippen molar-refractivity contribution in [3.05, 3.63) is 58.9 Å². The Labute approximate surface area is 141 Å². The highest BCUT2D eigenvalue weighted by molar-refractivity contribution is 5.90. The van der Waals surface area contributed by atoms with Gasteiger partial charge in [0.05, 0.1) is 17.7 Å². The van der Waals surface area contributed by atoms with E-state index in [4.69, 9.17) is 4.74 Å². The molecule has 0 saturated carbocycles. The van der Waals surface area contributed by atoms with Crippen LogP contribution in [0.2, 0.25) is 0 Å². The molecule has 2 aromatic rings. The Hall–Kier alpha value is -2.74. The van der Waals surface area contributed by atoms with Gasteiger partial charge in [-0.2, -0.15) is 8.78 Å². The maximum atomic E-state index is 14.2. The zero-order chi connectivity index (χ0) is 18.6. The number of aliphatic hydroxyl groups excluding tert-OH is 1. The number of hydrogen-bond donors (Lipinski definition) is 2. The summed E-state index contributed by atoms with van der Waals surface area (Å²) >= 11 is 0. The van der Waals surface area contributed by atoms with Gasteiger partial charge in [-0.3, -0.25) is 0 Å². The molecule has 0 amide bonds. The number of carbonyl (C=O) groups is 1. The average Bonchev–Trinajstić information content (AvgIpc) is 2.54. The third-order valence-corrected chi connectivity index (χ3v) is 3.31. The highest BCUT2D eigenvalue weighted by Gasteiger charge is 2.22. The van der Waals surface area contributed by atoms with Gasteiger partial charge in [0.1, 0.15) is 23.4 Å². The Bertz CT molecular complexity index is 723. The molecule has 0 saturated heterocycles. The molecule has 134 valence electrons. The fourth-order valence-electron chi connectivity index (χ4n) is 2.20. The van der Waals surface area contributed by atoms with Crippen LogP contribution in [0.25, 0.3) is 0 Å². The van der Waals surface area contributed by atoms with Gasteiger partial charge in [0.15, 0.2) is 0 Å². The van der Waals surface area contributed by atoms with Gasteiger partial charge in [-0.15, -0.1) is 0 Å². The minimum atomic E-state index is -2.99. The second-order valence-electron chi connectivity index (χ2n) is 4.96. The van der Waals surface area contributed by atoms with Crippen LogP contribution in [0.5, 0.6) is 11.5 Å². The molecule has 1 unspecified atom stereocenters. The molecule has 0 radical (unpaired) electrons. The number of halogens is 3. The Balaban J connectivity index is 2.29. The van der Waals surface area contributed by atoms with Crippen LogP contribution in [-0.2, 0) is 4.74 Å². The molecule has 25 heavy (non-hydrogen) atoms. The van der Waals surface area contributed by atoms with Crippen molar-refractivity contribution in [2.24, 2.45) is 0 Å². The first-order valence-corrected chi connectivity index (χ1v) is 7.25. The highest BCUT2D eigenvalue weighted by atomic mass is 19.3. The third kappa shape index (κ3) is 4.42. The van der Waals surface area contributed by atoms with Crippen LogP contribution in [0.3, 0.4) is 0 Å². The first kappa shape index (κ1) is 18.6. The van der Waals surface area contributed by atoms with E-state index in [0.717, 1.165) is 12.1 Å². The normalized spacial score (nSPS) is 12.1. The monoisotopic (exact) mass is 356 g/mol. The van der Waals surface area contributed by atoms with Crippen LogP contribution in [0.4, 0.5) is 13.2 Å². The van der Waals surface area contributed by atoms with Gasteiger partial charge in [-0.05, 0) is 36.8 Å². The van der Waals surface area contributed by atoms with E-state index in [1.54, 1.807) is 6.92 Å². The molecule has 5 nitrogen and oxygen atoms in total. The quantitative estimate of drug-likeness (QED) is 0.776. The maximum absolute atomic E-state index is 14.2. The van der Waals surface area contributed by atoms with E-state index in [-0.39, 0.29) is 23.5 Å². The number of esters is 1. The number of aliphatic hydroxyl groups is 1. The van der Waals surface area contributed by atoms with Gasteiger partial charge in [0.2, 0.25) is 0 Å². The fourth-order valence-corrected chi connectivity index (χ4v) is 2.20. The Morgan fingerprint density at radius 3 is 2.36 bits per heavy atom. The van der Waals surface area contributed by atoms with E-state index in [0.29, 0.717) is 0 Å². The summed E-state index contributed by atoms with van der Waals surface area (Å²) < 4.78 is 47.4. The number of aromatic hydroxyl groups is 1. The molecule has 0 spiro atoms. The van der Waals surface area contributed by atoms with Gasteiger partial charge in [0.25, 0.3) is 0 Å². The van der Waals surface area contributed by atoms with Crippen LogP contribution < -0.4 is 4.74 Å². The van der Waals surface area contributed by atoms with Crippen molar-refractivity contribution in [3.8, 4) is 11.5 Å². The molecule has 0 fully saturated rings. The van der Waals surface area contributed by atoms with Crippen molar-refractivity contribution in [1.82, 2.24) is 0 Å². The van der Waals surface area contributed by atoms with Crippen molar-refractivity contribution in [1.29, 1.82) is 0 Å². The van der Waals surface area contributed by atoms with Crippen LogP contribution >= 0.6 is 0 Å². The molecular weight excluding hydrogens is 341 g/mol. The molecule has 0 heterocycles. The Kier molecular flexibility index (Phi) is 5.87. The first-order chi connectivity index (χ1) is 11.8. The molecule has 1 atom stereocenters. The second-order valence-corrected chi connectivity index (χ2v) is 4.96. The van der Waals surface area contributed by atoms with Crippen molar-refractivity contribution < 1.29 is 37.7 Å². The summed E-state index contributed by atoms with van der Waals surface area (Å²) in [6, 6.07) is 6.67. The predicted octanol–water partition coefficient (Wildman–Crippen LogP) is 3.39. The van der Waals surface area contributed by atoms with Crippen LogP contribution in [0, 0.1) is 5.82 Å².